The lowest BCUT2D eigenvalue weighted by Crippen LogP contribution is -2.52. The van der Waals surface area contributed by atoms with E-state index in [-0.39, 0.29) is 17.7 Å². The lowest BCUT2D eigenvalue weighted by atomic mass is 10.3. The molecule has 0 bridgehead atoms. The van der Waals surface area contributed by atoms with Gasteiger partial charge in [0.1, 0.15) is 12.4 Å². The second-order valence-corrected chi connectivity index (χ2v) is 6.81. The van der Waals surface area contributed by atoms with Crippen molar-refractivity contribution in [1.82, 2.24) is 20.3 Å². The van der Waals surface area contributed by atoms with Gasteiger partial charge >= 0.3 is 0 Å². The molecule has 1 fully saturated rings. The molecule has 1 saturated heterocycles. The number of aromatic nitrogens is 1. The highest BCUT2D eigenvalue weighted by molar-refractivity contribution is 5.80. The fourth-order valence-corrected chi connectivity index (χ4v) is 3.10. The predicted molar refractivity (Wildman–Crippen MR) is 106 cm³/mol. The third kappa shape index (κ3) is 5.69. The molecule has 8 heteroatoms. The van der Waals surface area contributed by atoms with Crippen LogP contribution in [0.4, 0.5) is 4.39 Å². The van der Waals surface area contributed by atoms with E-state index in [2.05, 4.69) is 27.2 Å². The van der Waals surface area contributed by atoms with Gasteiger partial charge in [0, 0.05) is 45.3 Å². The van der Waals surface area contributed by atoms with Gasteiger partial charge in [-0.05, 0) is 26.0 Å². The minimum atomic E-state index is -0.353. The monoisotopic (exact) mass is 389 g/mol. The van der Waals surface area contributed by atoms with Crippen LogP contribution >= 0.6 is 0 Å². The zero-order valence-corrected chi connectivity index (χ0v) is 16.5. The van der Waals surface area contributed by atoms with Gasteiger partial charge in [-0.15, -0.1) is 0 Å². The zero-order chi connectivity index (χ0) is 19.8. The van der Waals surface area contributed by atoms with E-state index in [0.717, 1.165) is 50.9 Å². The molecule has 28 heavy (non-hydrogen) atoms. The molecule has 0 aliphatic carbocycles. The molecular weight excluding hydrogens is 361 g/mol. The zero-order valence-electron chi connectivity index (χ0n) is 16.5. The molecule has 1 aliphatic rings. The Labute approximate surface area is 165 Å². The summed E-state index contributed by atoms with van der Waals surface area (Å²) in [5.74, 6) is 0.776. The number of halogens is 1. The van der Waals surface area contributed by atoms with E-state index in [4.69, 9.17) is 14.3 Å². The Morgan fingerprint density at radius 2 is 2.07 bits per heavy atom. The van der Waals surface area contributed by atoms with Gasteiger partial charge in [-0.1, -0.05) is 17.3 Å². The Balaban J connectivity index is 1.52. The number of nitrogens with one attached hydrogen (secondary N) is 1. The van der Waals surface area contributed by atoms with Crippen molar-refractivity contribution in [2.45, 2.75) is 26.5 Å². The summed E-state index contributed by atoms with van der Waals surface area (Å²) in [6.07, 6.45) is 1.38. The highest BCUT2D eigenvalue weighted by Gasteiger charge is 2.20. The molecule has 2 heterocycles. The number of benzene rings is 1. The number of piperazine rings is 1. The molecule has 0 radical (unpaired) electrons. The average molecular weight is 389 g/mol. The molecule has 0 amide bonds. The van der Waals surface area contributed by atoms with Crippen LogP contribution < -0.4 is 10.1 Å². The number of guanidine groups is 1. The van der Waals surface area contributed by atoms with Gasteiger partial charge in [0.05, 0.1) is 12.2 Å². The molecule has 1 aromatic heterocycles. The molecule has 1 aromatic carbocycles. The number of rotatable bonds is 7. The molecule has 7 nitrogen and oxygen atoms in total. The Morgan fingerprint density at radius 3 is 2.75 bits per heavy atom. The van der Waals surface area contributed by atoms with Crippen molar-refractivity contribution in [2.24, 2.45) is 4.99 Å². The van der Waals surface area contributed by atoms with Gasteiger partial charge in [0.15, 0.2) is 17.5 Å². The smallest absolute Gasteiger partial charge is 0.194 e. The summed E-state index contributed by atoms with van der Waals surface area (Å²) in [4.78, 5) is 9.30. The minimum absolute atomic E-state index is 0.223. The van der Waals surface area contributed by atoms with Gasteiger partial charge in [-0.3, -0.25) is 4.90 Å². The third-order valence-corrected chi connectivity index (χ3v) is 4.55. The van der Waals surface area contributed by atoms with Crippen LogP contribution in [0.1, 0.15) is 19.5 Å². The fraction of sp³-hybridized carbons (Fsp3) is 0.500. The molecule has 1 aliphatic heterocycles. The van der Waals surface area contributed by atoms with E-state index in [9.17, 15) is 4.39 Å². The molecular formula is C20H28FN5O2. The number of hydrogen-bond donors (Lipinski definition) is 1. The number of para-hydroxylation sites is 1. The molecule has 1 atom stereocenters. The first-order valence-electron chi connectivity index (χ1n) is 9.71. The number of nitrogens with zero attached hydrogens (tertiary/aromatic N) is 4. The summed E-state index contributed by atoms with van der Waals surface area (Å²) in [5.41, 5.74) is 0.952. The Hall–Kier alpha value is -2.61. The van der Waals surface area contributed by atoms with E-state index >= 15 is 0 Å². The van der Waals surface area contributed by atoms with Crippen molar-refractivity contribution >= 4 is 5.96 Å². The van der Waals surface area contributed by atoms with Gasteiger partial charge < -0.3 is 19.5 Å². The van der Waals surface area contributed by atoms with Crippen LogP contribution in [0.2, 0.25) is 0 Å². The van der Waals surface area contributed by atoms with E-state index in [1.807, 2.05) is 13.0 Å². The van der Waals surface area contributed by atoms with Gasteiger partial charge in [-0.25, -0.2) is 9.38 Å². The Bertz CT molecular complexity index is 745. The van der Waals surface area contributed by atoms with Crippen molar-refractivity contribution in [3.05, 3.63) is 48.1 Å². The van der Waals surface area contributed by atoms with Crippen LogP contribution in [0.15, 0.2) is 46.1 Å². The van der Waals surface area contributed by atoms with Gasteiger partial charge in [0.2, 0.25) is 0 Å². The first-order chi connectivity index (χ1) is 13.7. The first-order valence-corrected chi connectivity index (χ1v) is 9.71. The van der Waals surface area contributed by atoms with Crippen molar-refractivity contribution < 1.29 is 13.7 Å². The maximum Gasteiger partial charge on any atom is 0.194 e. The van der Waals surface area contributed by atoms with Gasteiger partial charge in [-0.2, -0.15) is 0 Å². The molecule has 2 aromatic rings. The van der Waals surface area contributed by atoms with Crippen LogP contribution in [0.3, 0.4) is 0 Å². The quantitative estimate of drug-likeness (QED) is 0.579. The van der Waals surface area contributed by atoms with E-state index in [1.165, 1.54) is 6.07 Å². The summed E-state index contributed by atoms with van der Waals surface area (Å²) < 4.78 is 24.3. The fourth-order valence-electron chi connectivity index (χ4n) is 3.10. The average Bonchev–Trinajstić information content (AvgIpc) is 3.21. The topological polar surface area (TPSA) is 66.1 Å². The van der Waals surface area contributed by atoms with Crippen molar-refractivity contribution in [1.29, 1.82) is 0 Å². The Morgan fingerprint density at radius 1 is 1.29 bits per heavy atom. The van der Waals surface area contributed by atoms with Crippen LogP contribution in [-0.4, -0.2) is 66.3 Å². The lowest BCUT2D eigenvalue weighted by Gasteiger charge is -2.36. The minimum Gasteiger partial charge on any atom is -0.486 e. The first kappa shape index (κ1) is 20.1. The summed E-state index contributed by atoms with van der Waals surface area (Å²) in [6, 6.07) is 8.34. The molecule has 152 valence electrons. The van der Waals surface area contributed by atoms with Crippen LogP contribution in [0.25, 0.3) is 0 Å². The summed E-state index contributed by atoms with van der Waals surface area (Å²) in [6.45, 7) is 9.61. The highest BCUT2D eigenvalue weighted by atomic mass is 19.1. The van der Waals surface area contributed by atoms with E-state index in [1.54, 1.807) is 24.5 Å². The van der Waals surface area contributed by atoms with Crippen LogP contribution in [0.5, 0.6) is 5.75 Å². The maximum atomic E-state index is 13.7. The lowest BCUT2D eigenvalue weighted by molar-refractivity contribution is 0.168. The normalized spacial score (nSPS) is 16.8. The maximum absolute atomic E-state index is 13.7. The summed E-state index contributed by atoms with van der Waals surface area (Å²) in [7, 11) is 0. The Kier molecular flexibility index (Phi) is 7.25. The standard InChI is InChI=1S/C20H28FN5O2/c1-3-22-20(23-14-16(2)28-19-7-5-4-6-18(19)21)26-11-9-25(10-12-26)15-17-8-13-27-24-17/h4-8,13,16H,3,9-12,14-15H2,1-2H3,(H,22,23). The third-order valence-electron chi connectivity index (χ3n) is 4.55. The van der Waals surface area contributed by atoms with E-state index < -0.39 is 0 Å². The predicted octanol–water partition coefficient (Wildman–Crippen LogP) is 2.36. The second kappa shape index (κ2) is 10.1. The number of ether oxygens (including phenoxy) is 1. The molecule has 0 spiro atoms. The summed E-state index contributed by atoms with van der Waals surface area (Å²) in [5, 5.41) is 7.32. The molecule has 0 saturated carbocycles. The molecule has 3 rings (SSSR count). The van der Waals surface area contributed by atoms with Crippen molar-refractivity contribution in [3.8, 4) is 5.75 Å². The largest absolute Gasteiger partial charge is 0.486 e. The highest BCUT2D eigenvalue weighted by Crippen LogP contribution is 2.17. The SMILES string of the molecule is CCNC(=NCC(C)Oc1ccccc1F)N1CCN(Cc2ccon2)CC1. The molecule has 1 N–H and O–H groups in total. The van der Waals surface area contributed by atoms with Crippen LogP contribution in [-0.2, 0) is 6.54 Å². The van der Waals surface area contributed by atoms with Crippen LogP contribution in [0, 0.1) is 5.82 Å². The van der Waals surface area contributed by atoms with Crippen molar-refractivity contribution in [2.75, 3.05) is 39.3 Å². The number of hydrogen-bond acceptors (Lipinski definition) is 5. The molecule has 1 unspecified atom stereocenters. The van der Waals surface area contributed by atoms with Crippen molar-refractivity contribution in [3.63, 3.8) is 0 Å². The number of aliphatic imine (C=N–C) groups is 1. The second-order valence-electron chi connectivity index (χ2n) is 6.81. The van der Waals surface area contributed by atoms with Gasteiger partial charge in [0.25, 0.3) is 0 Å². The summed E-state index contributed by atoms with van der Waals surface area (Å²) >= 11 is 0. The van der Waals surface area contributed by atoms with E-state index in [0.29, 0.717) is 6.54 Å².